The summed E-state index contributed by atoms with van der Waals surface area (Å²) in [4.78, 5) is 23.4. The van der Waals surface area contributed by atoms with Crippen LogP contribution in [0.1, 0.15) is 26.3 Å². The predicted molar refractivity (Wildman–Crippen MR) is 119 cm³/mol. The van der Waals surface area contributed by atoms with E-state index in [-0.39, 0.29) is 15.7 Å². The minimum absolute atomic E-state index is 0.0215. The van der Waals surface area contributed by atoms with E-state index in [2.05, 4.69) is 10.6 Å². The van der Waals surface area contributed by atoms with E-state index in [1.165, 1.54) is 18.2 Å². The van der Waals surface area contributed by atoms with Gasteiger partial charge in [-0.3, -0.25) is 10.1 Å². The molecule has 3 N–H and O–H groups in total. The van der Waals surface area contributed by atoms with Crippen LogP contribution in [0.15, 0.2) is 72.8 Å². The van der Waals surface area contributed by atoms with Gasteiger partial charge in [-0.25, -0.2) is 4.79 Å². The lowest BCUT2D eigenvalue weighted by molar-refractivity contribution is 0.0697. The second kappa shape index (κ2) is 9.87. The quantitative estimate of drug-likeness (QED) is 0.480. The summed E-state index contributed by atoms with van der Waals surface area (Å²) in [6, 6.07) is 20.7. The molecule has 0 aliphatic rings. The molecular weight excluding hydrogens is 424 g/mol. The lowest BCUT2D eigenvalue weighted by Crippen LogP contribution is -2.34. The van der Waals surface area contributed by atoms with Crippen molar-refractivity contribution in [1.82, 2.24) is 5.32 Å². The number of hydrogen-bond donors (Lipinski definition) is 3. The zero-order valence-corrected chi connectivity index (χ0v) is 17.2. The summed E-state index contributed by atoms with van der Waals surface area (Å²) in [5, 5.41) is 14.5. The second-order valence-electron chi connectivity index (χ2n) is 6.21. The van der Waals surface area contributed by atoms with Crippen LogP contribution in [0, 0.1) is 0 Å². The highest BCUT2D eigenvalue weighted by Crippen LogP contribution is 2.21. The highest BCUT2D eigenvalue weighted by molar-refractivity contribution is 7.80. The fraction of sp³-hybridized carbons (Fsp3) is 0.0455. The Balaban J connectivity index is 1.54. The van der Waals surface area contributed by atoms with Gasteiger partial charge in [0.2, 0.25) is 0 Å². The van der Waals surface area contributed by atoms with Crippen molar-refractivity contribution in [3.8, 4) is 5.75 Å². The van der Waals surface area contributed by atoms with Crippen molar-refractivity contribution < 1.29 is 19.4 Å². The normalized spacial score (nSPS) is 10.2. The maximum absolute atomic E-state index is 12.4. The molecule has 0 saturated carbocycles. The van der Waals surface area contributed by atoms with Crippen molar-refractivity contribution in [3.63, 3.8) is 0 Å². The van der Waals surface area contributed by atoms with E-state index in [4.69, 9.17) is 33.7 Å². The number of carboxylic acid groups (broad SMARTS) is 1. The smallest absolute Gasteiger partial charge is 0.337 e. The maximum atomic E-state index is 12.4. The van der Waals surface area contributed by atoms with Crippen LogP contribution in [-0.2, 0) is 6.61 Å². The Bertz CT molecular complexity index is 1070. The summed E-state index contributed by atoms with van der Waals surface area (Å²) in [6.07, 6.45) is 0. The predicted octanol–water partition coefficient (Wildman–Crippen LogP) is 4.74. The van der Waals surface area contributed by atoms with Crippen LogP contribution in [0.3, 0.4) is 0 Å². The van der Waals surface area contributed by atoms with Gasteiger partial charge >= 0.3 is 5.97 Å². The Morgan fingerprint density at radius 1 is 1.00 bits per heavy atom. The minimum atomic E-state index is -1.13. The van der Waals surface area contributed by atoms with Crippen molar-refractivity contribution in [3.05, 3.63) is 94.5 Å². The average molecular weight is 441 g/mol. The number of halogens is 1. The number of carbonyl (C=O) groups excluding carboxylic acids is 1. The Morgan fingerprint density at radius 2 is 1.70 bits per heavy atom. The van der Waals surface area contributed by atoms with E-state index < -0.39 is 11.9 Å². The van der Waals surface area contributed by atoms with Crippen LogP contribution in [0.25, 0.3) is 0 Å². The molecule has 3 aromatic rings. The Hall–Kier alpha value is -3.42. The van der Waals surface area contributed by atoms with Crippen molar-refractivity contribution in [2.45, 2.75) is 6.61 Å². The van der Waals surface area contributed by atoms with E-state index in [0.717, 1.165) is 5.56 Å². The van der Waals surface area contributed by atoms with E-state index >= 15 is 0 Å². The van der Waals surface area contributed by atoms with E-state index in [9.17, 15) is 9.59 Å². The summed E-state index contributed by atoms with van der Waals surface area (Å²) in [5.41, 5.74) is 1.89. The molecule has 0 aliphatic heterocycles. The first-order chi connectivity index (χ1) is 14.4. The zero-order chi connectivity index (χ0) is 21.5. The molecule has 0 aliphatic carbocycles. The molecule has 3 rings (SSSR count). The topological polar surface area (TPSA) is 87.7 Å². The molecule has 0 aromatic heterocycles. The first-order valence-corrected chi connectivity index (χ1v) is 9.63. The number of hydrogen-bond acceptors (Lipinski definition) is 4. The van der Waals surface area contributed by atoms with Gasteiger partial charge in [0.15, 0.2) is 5.11 Å². The maximum Gasteiger partial charge on any atom is 0.337 e. The largest absolute Gasteiger partial charge is 0.489 e. The number of carbonyl (C=O) groups is 2. The van der Waals surface area contributed by atoms with Gasteiger partial charge < -0.3 is 15.2 Å². The molecule has 0 spiro atoms. The third-order valence-corrected chi connectivity index (χ3v) is 4.57. The summed E-state index contributed by atoms with van der Waals surface area (Å²) in [5.74, 6) is -0.877. The molecule has 8 heteroatoms. The molecular formula is C22H17ClN2O4S. The molecule has 0 atom stereocenters. The van der Waals surface area contributed by atoms with E-state index in [1.54, 1.807) is 24.3 Å². The number of aromatic carboxylic acids is 1. The average Bonchev–Trinajstić information content (AvgIpc) is 2.73. The molecule has 0 bridgehead atoms. The van der Waals surface area contributed by atoms with Gasteiger partial charge in [0, 0.05) is 11.3 Å². The summed E-state index contributed by atoms with van der Waals surface area (Å²) in [7, 11) is 0. The molecule has 3 aromatic carbocycles. The van der Waals surface area contributed by atoms with Gasteiger partial charge in [0.05, 0.1) is 10.6 Å². The van der Waals surface area contributed by atoms with Gasteiger partial charge in [-0.05, 0) is 60.2 Å². The van der Waals surface area contributed by atoms with E-state index in [1.807, 2.05) is 30.3 Å². The second-order valence-corrected chi connectivity index (χ2v) is 7.02. The molecule has 1 amide bonds. The van der Waals surface area contributed by atoms with Crippen LogP contribution >= 0.6 is 23.8 Å². The summed E-state index contributed by atoms with van der Waals surface area (Å²) >= 11 is 11.1. The number of ether oxygens (including phenoxy) is 1. The van der Waals surface area contributed by atoms with Crippen LogP contribution in [0.5, 0.6) is 5.75 Å². The van der Waals surface area contributed by atoms with Gasteiger partial charge in [0.25, 0.3) is 5.91 Å². The van der Waals surface area contributed by atoms with Gasteiger partial charge in [-0.1, -0.05) is 41.9 Å². The fourth-order valence-corrected chi connectivity index (χ4v) is 3.02. The van der Waals surface area contributed by atoms with Crippen LogP contribution in [0.2, 0.25) is 5.02 Å². The number of benzene rings is 3. The van der Waals surface area contributed by atoms with Gasteiger partial charge in [-0.15, -0.1) is 0 Å². The Morgan fingerprint density at radius 3 is 2.33 bits per heavy atom. The number of amides is 1. The number of nitrogens with one attached hydrogen (secondary N) is 2. The summed E-state index contributed by atoms with van der Waals surface area (Å²) in [6.45, 7) is 0.434. The zero-order valence-electron chi connectivity index (χ0n) is 15.6. The highest BCUT2D eigenvalue weighted by atomic mass is 35.5. The first kappa shape index (κ1) is 21.3. The molecule has 152 valence electrons. The molecule has 0 fully saturated rings. The van der Waals surface area contributed by atoms with Crippen molar-refractivity contribution in [1.29, 1.82) is 0 Å². The molecule has 6 nitrogen and oxygen atoms in total. The fourth-order valence-electron chi connectivity index (χ4n) is 2.55. The number of thiocarbonyl (C=S) groups is 1. The van der Waals surface area contributed by atoms with Crippen LogP contribution in [-0.4, -0.2) is 22.1 Å². The standard InChI is InChI=1S/C22H17ClN2O4S/c23-19-12-16(8-11-18(19)21(27)28)24-22(30)25-20(26)15-6-9-17(10-7-15)29-13-14-4-2-1-3-5-14/h1-12H,13H2,(H,27,28)(H2,24,25,26,30). The number of anilines is 1. The monoisotopic (exact) mass is 440 g/mol. The number of carboxylic acids is 1. The molecule has 0 heterocycles. The van der Waals surface area contributed by atoms with Crippen molar-refractivity contribution in [2.75, 3.05) is 5.32 Å². The van der Waals surface area contributed by atoms with Gasteiger partial charge in [0.1, 0.15) is 12.4 Å². The van der Waals surface area contributed by atoms with Crippen molar-refractivity contribution >= 4 is 46.5 Å². The lowest BCUT2D eigenvalue weighted by atomic mass is 10.2. The third-order valence-electron chi connectivity index (χ3n) is 4.05. The molecule has 30 heavy (non-hydrogen) atoms. The number of rotatable bonds is 6. The van der Waals surface area contributed by atoms with Gasteiger partial charge in [-0.2, -0.15) is 0 Å². The minimum Gasteiger partial charge on any atom is -0.489 e. The molecule has 0 radical (unpaired) electrons. The highest BCUT2D eigenvalue weighted by Gasteiger charge is 2.11. The lowest BCUT2D eigenvalue weighted by Gasteiger charge is -2.11. The van der Waals surface area contributed by atoms with Crippen LogP contribution in [0.4, 0.5) is 5.69 Å². The molecule has 0 saturated heterocycles. The SMILES string of the molecule is O=C(NC(=S)Nc1ccc(C(=O)O)c(Cl)c1)c1ccc(OCc2ccccc2)cc1. The molecule has 0 unspecified atom stereocenters. The Labute approximate surface area is 183 Å². The Kier molecular flexibility index (Phi) is 7.00. The third kappa shape index (κ3) is 5.79. The summed E-state index contributed by atoms with van der Waals surface area (Å²) < 4.78 is 5.70. The first-order valence-electron chi connectivity index (χ1n) is 8.84. The van der Waals surface area contributed by atoms with Crippen LogP contribution < -0.4 is 15.4 Å². The van der Waals surface area contributed by atoms with E-state index in [0.29, 0.717) is 23.6 Å². The van der Waals surface area contributed by atoms with Crippen molar-refractivity contribution in [2.24, 2.45) is 0 Å².